The molecule has 0 spiro atoms. The second kappa shape index (κ2) is 4.29. The lowest BCUT2D eigenvalue weighted by atomic mass is 10.0. The van der Waals surface area contributed by atoms with Crippen molar-refractivity contribution >= 4 is 5.91 Å². The van der Waals surface area contributed by atoms with Crippen molar-refractivity contribution in [1.29, 1.82) is 0 Å². The molecule has 2 heterocycles. The van der Waals surface area contributed by atoms with E-state index < -0.39 is 0 Å². The highest BCUT2D eigenvalue weighted by atomic mass is 16.3. The van der Waals surface area contributed by atoms with Crippen LogP contribution in [0.15, 0.2) is 16.7 Å². The molecule has 1 aromatic rings. The number of furan rings is 1. The summed E-state index contributed by atoms with van der Waals surface area (Å²) in [5, 5.41) is 0. The van der Waals surface area contributed by atoms with Gasteiger partial charge in [-0.15, -0.1) is 0 Å². The second-order valence-electron chi connectivity index (χ2n) is 4.46. The first-order valence-electron chi connectivity index (χ1n) is 5.70. The zero-order valence-electron chi connectivity index (χ0n) is 9.77. The van der Waals surface area contributed by atoms with Crippen LogP contribution in [-0.4, -0.2) is 29.9 Å². The van der Waals surface area contributed by atoms with E-state index in [0.29, 0.717) is 23.8 Å². The molecule has 4 heteroatoms. The van der Waals surface area contributed by atoms with Gasteiger partial charge in [-0.25, -0.2) is 0 Å². The molecule has 1 fully saturated rings. The lowest BCUT2D eigenvalue weighted by Gasteiger charge is -2.25. The smallest absolute Gasteiger partial charge is 0.257 e. The van der Waals surface area contributed by atoms with Crippen LogP contribution in [0.1, 0.15) is 29.5 Å². The molecule has 1 saturated heterocycles. The molecule has 1 amide bonds. The standard InChI is InChI=1S/C12H18N2O2/c1-8-3-5-14(11(8)7-13)12(15)10-4-6-16-9(10)2/h4,6,8,11H,3,5,7,13H2,1-2H3. The van der Waals surface area contributed by atoms with E-state index in [1.165, 1.54) is 0 Å². The Labute approximate surface area is 95.4 Å². The fraction of sp³-hybridized carbons (Fsp3) is 0.583. The molecule has 88 valence electrons. The van der Waals surface area contributed by atoms with Gasteiger partial charge in [0, 0.05) is 19.1 Å². The molecule has 2 N–H and O–H groups in total. The molecular formula is C12H18N2O2. The molecule has 0 saturated carbocycles. The van der Waals surface area contributed by atoms with Crippen LogP contribution in [0.3, 0.4) is 0 Å². The zero-order valence-corrected chi connectivity index (χ0v) is 9.77. The summed E-state index contributed by atoms with van der Waals surface area (Å²) in [5.41, 5.74) is 6.39. The van der Waals surface area contributed by atoms with Gasteiger partial charge in [0.25, 0.3) is 5.91 Å². The summed E-state index contributed by atoms with van der Waals surface area (Å²) < 4.78 is 5.16. The van der Waals surface area contributed by atoms with Crippen molar-refractivity contribution in [1.82, 2.24) is 4.90 Å². The number of carbonyl (C=O) groups excluding carboxylic acids is 1. The predicted octanol–water partition coefficient (Wildman–Crippen LogP) is 1.40. The summed E-state index contributed by atoms with van der Waals surface area (Å²) in [5.74, 6) is 1.22. The fourth-order valence-electron chi connectivity index (χ4n) is 2.38. The first-order chi connectivity index (χ1) is 7.65. The Bertz CT molecular complexity index is 386. The van der Waals surface area contributed by atoms with Gasteiger partial charge in [0.2, 0.25) is 0 Å². The van der Waals surface area contributed by atoms with Crippen LogP contribution in [0, 0.1) is 12.8 Å². The molecule has 0 radical (unpaired) electrons. The summed E-state index contributed by atoms with van der Waals surface area (Å²) in [4.78, 5) is 14.1. The molecular weight excluding hydrogens is 204 g/mol. The van der Waals surface area contributed by atoms with E-state index in [2.05, 4.69) is 6.92 Å². The molecule has 0 bridgehead atoms. The van der Waals surface area contributed by atoms with Gasteiger partial charge < -0.3 is 15.1 Å². The predicted molar refractivity (Wildman–Crippen MR) is 61.1 cm³/mol. The molecule has 2 unspecified atom stereocenters. The largest absolute Gasteiger partial charge is 0.469 e. The molecule has 2 atom stereocenters. The van der Waals surface area contributed by atoms with Crippen molar-refractivity contribution in [3.8, 4) is 0 Å². The molecule has 1 aliphatic rings. The third-order valence-corrected chi connectivity index (χ3v) is 3.47. The first kappa shape index (κ1) is 11.2. The third-order valence-electron chi connectivity index (χ3n) is 3.47. The lowest BCUT2D eigenvalue weighted by molar-refractivity contribution is 0.0725. The minimum Gasteiger partial charge on any atom is -0.469 e. The highest BCUT2D eigenvalue weighted by Crippen LogP contribution is 2.25. The van der Waals surface area contributed by atoms with E-state index in [0.717, 1.165) is 13.0 Å². The quantitative estimate of drug-likeness (QED) is 0.822. The third kappa shape index (κ3) is 1.73. The van der Waals surface area contributed by atoms with Gasteiger partial charge in [0.05, 0.1) is 11.8 Å². The minimum atomic E-state index is 0.0473. The van der Waals surface area contributed by atoms with E-state index in [9.17, 15) is 4.79 Å². The SMILES string of the molecule is Cc1occc1C(=O)N1CCC(C)C1CN. The Hall–Kier alpha value is -1.29. The molecule has 0 aromatic carbocycles. The number of nitrogens with two attached hydrogens (primary N) is 1. The van der Waals surface area contributed by atoms with Gasteiger partial charge in [-0.1, -0.05) is 6.92 Å². The lowest BCUT2D eigenvalue weighted by Crippen LogP contribution is -2.42. The van der Waals surface area contributed by atoms with Crippen LogP contribution < -0.4 is 5.73 Å². The average Bonchev–Trinajstić information content (AvgIpc) is 2.83. The van der Waals surface area contributed by atoms with Crippen molar-refractivity contribution in [2.24, 2.45) is 11.7 Å². The number of carbonyl (C=O) groups is 1. The topological polar surface area (TPSA) is 59.5 Å². The van der Waals surface area contributed by atoms with Crippen LogP contribution in [0.4, 0.5) is 0 Å². The maximum absolute atomic E-state index is 12.3. The molecule has 1 aromatic heterocycles. The van der Waals surface area contributed by atoms with Gasteiger partial charge in [-0.05, 0) is 25.3 Å². The average molecular weight is 222 g/mol. The Morgan fingerprint density at radius 1 is 1.69 bits per heavy atom. The first-order valence-corrected chi connectivity index (χ1v) is 5.70. The molecule has 2 rings (SSSR count). The van der Waals surface area contributed by atoms with Crippen molar-refractivity contribution in [2.45, 2.75) is 26.3 Å². The van der Waals surface area contributed by atoms with Crippen molar-refractivity contribution in [3.05, 3.63) is 23.7 Å². The number of amides is 1. The van der Waals surface area contributed by atoms with E-state index in [-0.39, 0.29) is 11.9 Å². The molecule has 16 heavy (non-hydrogen) atoms. The fourth-order valence-corrected chi connectivity index (χ4v) is 2.38. The van der Waals surface area contributed by atoms with Crippen LogP contribution in [0.2, 0.25) is 0 Å². The molecule has 0 aliphatic carbocycles. The number of hydrogen-bond acceptors (Lipinski definition) is 3. The normalized spacial score (nSPS) is 25.1. The van der Waals surface area contributed by atoms with E-state index >= 15 is 0 Å². The summed E-state index contributed by atoms with van der Waals surface area (Å²) in [6, 6.07) is 1.90. The zero-order chi connectivity index (χ0) is 11.7. The maximum atomic E-state index is 12.3. The van der Waals surface area contributed by atoms with Crippen LogP contribution in [0.5, 0.6) is 0 Å². The highest BCUT2D eigenvalue weighted by Gasteiger charge is 2.34. The number of hydrogen-bond donors (Lipinski definition) is 1. The van der Waals surface area contributed by atoms with Gasteiger partial charge >= 0.3 is 0 Å². The maximum Gasteiger partial charge on any atom is 0.257 e. The monoisotopic (exact) mass is 222 g/mol. The summed E-state index contributed by atoms with van der Waals surface area (Å²) in [7, 11) is 0. The van der Waals surface area contributed by atoms with Gasteiger partial charge in [-0.2, -0.15) is 0 Å². The number of aryl methyl sites for hydroxylation is 1. The Kier molecular flexibility index (Phi) is 3.01. The Morgan fingerprint density at radius 3 is 3.00 bits per heavy atom. The van der Waals surface area contributed by atoms with Gasteiger partial charge in [0.15, 0.2) is 0 Å². The minimum absolute atomic E-state index is 0.0473. The van der Waals surface area contributed by atoms with Crippen molar-refractivity contribution in [2.75, 3.05) is 13.1 Å². The van der Waals surface area contributed by atoms with Crippen LogP contribution in [0.25, 0.3) is 0 Å². The second-order valence-corrected chi connectivity index (χ2v) is 4.46. The van der Waals surface area contributed by atoms with E-state index in [1.807, 2.05) is 11.8 Å². The number of nitrogens with zero attached hydrogens (tertiary/aromatic N) is 1. The summed E-state index contributed by atoms with van der Waals surface area (Å²) in [6.45, 7) is 5.29. The summed E-state index contributed by atoms with van der Waals surface area (Å²) >= 11 is 0. The highest BCUT2D eigenvalue weighted by molar-refractivity contribution is 5.95. The van der Waals surface area contributed by atoms with Crippen molar-refractivity contribution < 1.29 is 9.21 Å². The van der Waals surface area contributed by atoms with Crippen LogP contribution in [-0.2, 0) is 0 Å². The van der Waals surface area contributed by atoms with Crippen molar-refractivity contribution in [3.63, 3.8) is 0 Å². The Morgan fingerprint density at radius 2 is 2.44 bits per heavy atom. The Balaban J connectivity index is 2.20. The van der Waals surface area contributed by atoms with E-state index in [1.54, 1.807) is 12.3 Å². The molecule has 4 nitrogen and oxygen atoms in total. The number of rotatable bonds is 2. The van der Waals surface area contributed by atoms with Gasteiger partial charge in [-0.3, -0.25) is 4.79 Å². The van der Waals surface area contributed by atoms with Crippen LogP contribution >= 0.6 is 0 Å². The summed E-state index contributed by atoms with van der Waals surface area (Å²) in [6.07, 6.45) is 2.59. The number of likely N-dealkylation sites (tertiary alicyclic amines) is 1. The van der Waals surface area contributed by atoms with E-state index in [4.69, 9.17) is 10.2 Å². The molecule has 1 aliphatic heterocycles. The van der Waals surface area contributed by atoms with Gasteiger partial charge in [0.1, 0.15) is 5.76 Å².